The fourth-order valence-corrected chi connectivity index (χ4v) is 5.14. The molecule has 3 unspecified atom stereocenters. The van der Waals surface area contributed by atoms with E-state index in [4.69, 9.17) is 4.74 Å². The van der Waals surface area contributed by atoms with Crippen molar-refractivity contribution in [2.75, 3.05) is 19.7 Å². The van der Waals surface area contributed by atoms with Crippen molar-refractivity contribution < 1.29 is 24.2 Å². The molecule has 176 valence electrons. The van der Waals surface area contributed by atoms with Crippen LogP contribution in [0.5, 0.6) is 0 Å². The number of nitrogens with one attached hydrogen (secondary N) is 1. The van der Waals surface area contributed by atoms with E-state index in [0.29, 0.717) is 6.54 Å². The van der Waals surface area contributed by atoms with Gasteiger partial charge in [-0.15, -0.1) is 0 Å². The Bertz CT molecular complexity index is 1120. The SMILES string of the molecule is CC1CC(C)C(C(=O)O)N(C(=O)C#CCNC(=O)OCC2c3ccccc3-c3ccccc32)C1. The van der Waals surface area contributed by atoms with Crippen LogP contribution in [0.25, 0.3) is 11.1 Å². The molecule has 0 radical (unpaired) electrons. The van der Waals surface area contributed by atoms with Crippen LogP contribution in [-0.4, -0.2) is 53.7 Å². The maximum Gasteiger partial charge on any atom is 0.407 e. The molecule has 2 aromatic rings. The van der Waals surface area contributed by atoms with Gasteiger partial charge >= 0.3 is 12.1 Å². The van der Waals surface area contributed by atoms with Crippen LogP contribution in [0.2, 0.25) is 0 Å². The third-order valence-electron chi connectivity index (χ3n) is 6.53. The number of nitrogens with zero attached hydrogens (tertiary/aromatic N) is 1. The molecule has 34 heavy (non-hydrogen) atoms. The molecule has 0 saturated carbocycles. The van der Waals surface area contributed by atoms with E-state index >= 15 is 0 Å². The number of piperidine rings is 1. The first-order chi connectivity index (χ1) is 16.4. The third-order valence-corrected chi connectivity index (χ3v) is 6.53. The molecule has 2 aromatic carbocycles. The molecule has 1 aliphatic heterocycles. The maximum atomic E-state index is 12.5. The first-order valence-corrected chi connectivity index (χ1v) is 11.5. The fourth-order valence-electron chi connectivity index (χ4n) is 5.14. The summed E-state index contributed by atoms with van der Waals surface area (Å²) in [6.07, 6.45) is 0.129. The first kappa shape index (κ1) is 23.4. The molecule has 7 nitrogen and oxygen atoms in total. The highest BCUT2D eigenvalue weighted by molar-refractivity contribution is 5.96. The van der Waals surface area contributed by atoms with E-state index < -0.39 is 24.0 Å². The zero-order chi connectivity index (χ0) is 24.2. The van der Waals surface area contributed by atoms with E-state index in [1.165, 1.54) is 4.90 Å². The van der Waals surface area contributed by atoms with Crippen LogP contribution in [0.1, 0.15) is 37.3 Å². The Morgan fingerprint density at radius 2 is 1.68 bits per heavy atom. The minimum absolute atomic E-state index is 0.0400. The molecule has 7 heteroatoms. The van der Waals surface area contributed by atoms with Crippen molar-refractivity contribution in [3.63, 3.8) is 0 Å². The molecule has 2 amide bonds. The third kappa shape index (κ3) is 4.76. The van der Waals surface area contributed by atoms with E-state index in [2.05, 4.69) is 29.3 Å². The van der Waals surface area contributed by atoms with Crippen molar-refractivity contribution in [1.82, 2.24) is 10.2 Å². The van der Waals surface area contributed by atoms with Crippen molar-refractivity contribution >= 4 is 18.0 Å². The van der Waals surface area contributed by atoms with Gasteiger partial charge in [0.2, 0.25) is 0 Å². The normalized spacial score (nSPS) is 21.0. The van der Waals surface area contributed by atoms with Crippen LogP contribution in [0, 0.1) is 23.7 Å². The number of carbonyl (C=O) groups is 3. The number of benzene rings is 2. The number of rotatable bonds is 4. The Kier molecular flexibility index (Phi) is 6.87. The quantitative estimate of drug-likeness (QED) is 0.681. The highest BCUT2D eigenvalue weighted by Gasteiger charge is 2.39. The van der Waals surface area contributed by atoms with Crippen LogP contribution in [-0.2, 0) is 14.3 Å². The molecule has 1 aliphatic carbocycles. The van der Waals surface area contributed by atoms with Crippen molar-refractivity contribution in [2.24, 2.45) is 11.8 Å². The summed E-state index contributed by atoms with van der Waals surface area (Å²) in [7, 11) is 0. The standard InChI is InChI=1S/C27H28N2O5/c1-17-14-18(2)25(26(31)32)29(15-17)24(30)12-7-13-28-27(33)34-16-23-21-10-5-3-8-19(21)20-9-4-6-11-22(20)23/h3-6,8-11,17-18,23,25H,13-16H2,1-2H3,(H,28,33)(H,31,32). The van der Waals surface area contributed by atoms with Crippen molar-refractivity contribution in [3.8, 4) is 23.0 Å². The van der Waals surface area contributed by atoms with Gasteiger partial charge in [-0.2, -0.15) is 0 Å². The van der Waals surface area contributed by atoms with E-state index in [0.717, 1.165) is 28.7 Å². The van der Waals surface area contributed by atoms with Gasteiger partial charge < -0.3 is 20.1 Å². The summed E-state index contributed by atoms with van der Waals surface area (Å²) in [5.74, 6) is 3.53. The summed E-state index contributed by atoms with van der Waals surface area (Å²) < 4.78 is 5.45. The Balaban J connectivity index is 1.31. The average molecular weight is 461 g/mol. The summed E-state index contributed by atoms with van der Waals surface area (Å²) in [5.41, 5.74) is 4.55. The number of carboxylic acids is 1. The van der Waals surface area contributed by atoms with Crippen LogP contribution in [0.15, 0.2) is 48.5 Å². The topological polar surface area (TPSA) is 95.9 Å². The Morgan fingerprint density at radius 3 is 2.29 bits per heavy atom. The highest BCUT2D eigenvalue weighted by atomic mass is 16.5. The summed E-state index contributed by atoms with van der Waals surface area (Å²) in [4.78, 5) is 37.7. The number of alkyl carbamates (subject to hydrolysis) is 1. The molecular formula is C27H28N2O5. The Labute approximate surface area is 199 Å². The first-order valence-electron chi connectivity index (χ1n) is 11.5. The van der Waals surface area contributed by atoms with E-state index in [9.17, 15) is 19.5 Å². The van der Waals surface area contributed by atoms with Crippen molar-refractivity contribution in [3.05, 3.63) is 59.7 Å². The van der Waals surface area contributed by atoms with Gasteiger partial charge in [0.05, 0.1) is 6.54 Å². The molecule has 3 atom stereocenters. The van der Waals surface area contributed by atoms with Gasteiger partial charge in [0.1, 0.15) is 12.6 Å². The minimum Gasteiger partial charge on any atom is -0.480 e. The zero-order valence-electron chi connectivity index (χ0n) is 19.3. The average Bonchev–Trinajstić information content (AvgIpc) is 3.13. The molecule has 2 N–H and O–H groups in total. The molecule has 1 fully saturated rings. The van der Waals surface area contributed by atoms with Gasteiger partial charge in [0.25, 0.3) is 5.91 Å². The Hall–Kier alpha value is -3.79. The van der Waals surface area contributed by atoms with Gasteiger partial charge in [-0.25, -0.2) is 9.59 Å². The van der Waals surface area contributed by atoms with Gasteiger partial charge in [-0.05, 0) is 46.4 Å². The fraction of sp³-hybridized carbons (Fsp3) is 0.370. The van der Waals surface area contributed by atoms with Crippen molar-refractivity contribution in [2.45, 2.75) is 32.2 Å². The number of aliphatic carboxylic acids is 1. The number of hydrogen-bond donors (Lipinski definition) is 2. The Morgan fingerprint density at radius 1 is 1.06 bits per heavy atom. The van der Waals surface area contributed by atoms with E-state index in [1.54, 1.807) is 0 Å². The highest BCUT2D eigenvalue weighted by Crippen LogP contribution is 2.44. The number of fused-ring (bicyclic) bond motifs is 3. The number of ether oxygens (including phenoxy) is 1. The van der Waals surface area contributed by atoms with Crippen LogP contribution < -0.4 is 5.32 Å². The summed E-state index contributed by atoms with van der Waals surface area (Å²) >= 11 is 0. The van der Waals surface area contributed by atoms with E-state index in [1.807, 2.05) is 50.2 Å². The largest absolute Gasteiger partial charge is 0.480 e. The lowest BCUT2D eigenvalue weighted by Gasteiger charge is -2.39. The lowest BCUT2D eigenvalue weighted by atomic mass is 9.85. The predicted molar refractivity (Wildman–Crippen MR) is 127 cm³/mol. The van der Waals surface area contributed by atoms with Gasteiger partial charge in [0.15, 0.2) is 0 Å². The van der Waals surface area contributed by atoms with E-state index in [-0.39, 0.29) is 30.9 Å². The number of hydrogen-bond acceptors (Lipinski definition) is 4. The molecule has 1 saturated heterocycles. The summed E-state index contributed by atoms with van der Waals surface area (Å²) in [6.45, 7) is 4.30. The predicted octanol–water partition coefficient (Wildman–Crippen LogP) is 3.49. The lowest BCUT2D eigenvalue weighted by molar-refractivity contribution is -0.153. The summed E-state index contributed by atoms with van der Waals surface area (Å²) in [6, 6.07) is 15.3. The second kappa shape index (κ2) is 10.0. The lowest BCUT2D eigenvalue weighted by Crippen LogP contribution is -2.53. The van der Waals surface area contributed by atoms with Crippen LogP contribution in [0.3, 0.4) is 0 Å². The molecule has 0 aromatic heterocycles. The molecule has 2 aliphatic rings. The smallest absolute Gasteiger partial charge is 0.407 e. The number of carboxylic acid groups (broad SMARTS) is 1. The second-order valence-corrected chi connectivity index (χ2v) is 9.04. The zero-order valence-corrected chi connectivity index (χ0v) is 19.3. The van der Waals surface area contributed by atoms with Gasteiger partial charge in [-0.3, -0.25) is 4.79 Å². The molecule has 0 bridgehead atoms. The molecule has 1 heterocycles. The van der Waals surface area contributed by atoms with Crippen LogP contribution >= 0.6 is 0 Å². The molecular weight excluding hydrogens is 432 g/mol. The number of amides is 2. The molecule has 4 rings (SSSR count). The van der Waals surface area contributed by atoms with Crippen LogP contribution in [0.4, 0.5) is 4.79 Å². The van der Waals surface area contributed by atoms with Crippen molar-refractivity contribution in [1.29, 1.82) is 0 Å². The monoisotopic (exact) mass is 460 g/mol. The maximum absolute atomic E-state index is 12.5. The number of carbonyl (C=O) groups excluding carboxylic acids is 2. The van der Waals surface area contributed by atoms with Gasteiger partial charge in [-0.1, -0.05) is 68.3 Å². The number of likely N-dealkylation sites (tertiary alicyclic amines) is 1. The molecule has 0 spiro atoms. The minimum atomic E-state index is -1.02. The summed E-state index contributed by atoms with van der Waals surface area (Å²) in [5, 5.41) is 12.1. The second-order valence-electron chi connectivity index (χ2n) is 9.04. The van der Waals surface area contributed by atoms with Gasteiger partial charge in [0, 0.05) is 12.5 Å².